The lowest BCUT2D eigenvalue weighted by Gasteiger charge is -2.48. The fourth-order valence-corrected chi connectivity index (χ4v) is 9.41. The third-order valence-corrected chi connectivity index (χ3v) is 11.7. The van der Waals surface area contributed by atoms with Gasteiger partial charge in [-0.1, -0.05) is 220 Å². The second kappa shape index (κ2) is 20.3. The van der Waals surface area contributed by atoms with Crippen molar-refractivity contribution in [2.75, 3.05) is 9.80 Å². The Morgan fingerprint density at radius 3 is 1.03 bits per heavy atom. The van der Waals surface area contributed by atoms with Crippen LogP contribution in [0, 0.1) is 0 Å². The number of nitrogens with zero attached hydrogens (tertiary/aromatic N) is 2. The Morgan fingerprint density at radius 2 is 0.576 bits per heavy atom. The first-order chi connectivity index (χ1) is 28.8. The van der Waals surface area contributed by atoms with Crippen molar-refractivity contribution in [3.8, 4) is 0 Å². The number of hydrogen-bond donors (Lipinski definition) is 0. The van der Waals surface area contributed by atoms with E-state index in [4.69, 9.17) is 0 Å². The maximum absolute atomic E-state index is 2.58. The van der Waals surface area contributed by atoms with E-state index in [-0.39, 0.29) is 10.8 Å². The van der Waals surface area contributed by atoms with Gasteiger partial charge in [-0.15, -0.1) is 0 Å². The van der Waals surface area contributed by atoms with E-state index in [0.717, 1.165) is 19.3 Å². The Labute approximate surface area is 360 Å². The molecule has 0 fully saturated rings. The average molecular weight is 787 g/mol. The van der Waals surface area contributed by atoms with Crippen LogP contribution in [0.3, 0.4) is 0 Å². The van der Waals surface area contributed by atoms with Gasteiger partial charge in [-0.2, -0.15) is 0 Å². The Bertz CT molecular complexity index is 2230. The van der Waals surface area contributed by atoms with Gasteiger partial charge < -0.3 is 9.80 Å². The molecule has 0 radical (unpaired) electrons. The summed E-state index contributed by atoms with van der Waals surface area (Å²) in [6.07, 6.45) is 3.13. The molecule has 59 heavy (non-hydrogen) atoms. The molecule has 6 aromatic carbocycles. The smallest absolute Gasteiger partial charge is 0.0538 e. The van der Waals surface area contributed by atoms with Crippen molar-refractivity contribution in [3.05, 3.63) is 177 Å². The SMILES string of the molecule is CC.CC.CC.CC.CC.CC.CC1(C)c2cccc3c2N2c4c(cccc4Cc4cccc1c42)C3.CC1(C)c2ccccc2N2c3ccccc3Cc3cccc1c32. The molecule has 0 atom stereocenters. The zero-order valence-corrected chi connectivity index (χ0v) is 39.6. The summed E-state index contributed by atoms with van der Waals surface area (Å²) in [5, 5.41) is 0. The van der Waals surface area contributed by atoms with Crippen molar-refractivity contribution in [2.45, 2.75) is 141 Å². The molecule has 0 saturated heterocycles. The van der Waals surface area contributed by atoms with Gasteiger partial charge in [0.15, 0.2) is 0 Å². The molecule has 0 spiro atoms. The molecule has 0 aromatic heterocycles. The zero-order chi connectivity index (χ0) is 43.7. The highest BCUT2D eigenvalue weighted by molar-refractivity contribution is 5.95. The number of rotatable bonds is 0. The summed E-state index contributed by atoms with van der Waals surface area (Å²) in [6.45, 7) is 33.5. The van der Waals surface area contributed by atoms with Gasteiger partial charge in [-0.3, -0.25) is 0 Å². The van der Waals surface area contributed by atoms with Crippen molar-refractivity contribution >= 4 is 34.1 Å². The summed E-state index contributed by atoms with van der Waals surface area (Å²) in [6, 6.07) is 45.1. The van der Waals surface area contributed by atoms with Crippen LogP contribution in [-0.2, 0) is 30.1 Å². The lowest BCUT2D eigenvalue weighted by Crippen LogP contribution is -2.36. The van der Waals surface area contributed by atoms with Crippen molar-refractivity contribution < 1.29 is 0 Å². The molecule has 0 bridgehead atoms. The molecule has 0 amide bonds. The van der Waals surface area contributed by atoms with E-state index in [1.807, 2.05) is 83.1 Å². The van der Waals surface area contributed by atoms with Crippen molar-refractivity contribution in [3.63, 3.8) is 0 Å². The minimum Gasteiger partial charge on any atom is -0.309 e. The number of fused-ring (bicyclic) bond motifs is 4. The fraction of sp³-hybridized carbons (Fsp3) is 0.368. The second-order valence-electron chi connectivity index (χ2n) is 15.0. The fourth-order valence-electron chi connectivity index (χ4n) is 9.41. The summed E-state index contributed by atoms with van der Waals surface area (Å²) in [5.74, 6) is 0. The highest BCUT2D eigenvalue weighted by Crippen LogP contribution is 2.60. The monoisotopic (exact) mass is 787 g/mol. The molecule has 2 nitrogen and oxygen atoms in total. The van der Waals surface area contributed by atoms with Crippen LogP contribution in [0.25, 0.3) is 0 Å². The van der Waals surface area contributed by atoms with Gasteiger partial charge in [0.1, 0.15) is 0 Å². The van der Waals surface area contributed by atoms with E-state index >= 15 is 0 Å². The average Bonchev–Trinajstić information content (AvgIpc) is 3.31. The molecular formula is C57H74N2. The quantitative estimate of drug-likeness (QED) is 0.151. The molecule has 0 aliphatic carbocycles. The minimum absolute atomic E-state index is 0.0325. The number of benzene rings is 6. The van der Waals surface area contributed by atoms with Gasteiger partial charge in [-0.05, 0) is 67.8 Å². The lowest BCUT2D eigenvalue weighted by atomic mass is 9.69. The molecule has 11 rings (SSSR count). The topological polar surface area (TPSA) is 6.48 Å². The Kier molecular flexibility index (Phi) is 16.0. The highest BCUT2D eigenvalue weighted by atomic mass is 15.2. The maximum atomic E-state index is 2.58. The third kappa shape index (κ3) is 7.77. The number of hydrogen-bond acceptors (Lipinski definition) is 2. The van der Waals surface area contributed by atoms with Crippen LogP contribution in [0.5, 0.6) is 0 Å². The number of anilines is 6. The van der Waals surface area contributed by atoms with Gasteiger partial charge in [0, 0.05) is 35.8 Å². The van der Waals surface area contributed by atoms with E-state index in [9.17, 15) is 0 Å². The molecule has 2 heteroatoms. The third-order valence-electron chi connectivity index (χ3n) is 11.7. The van der Waals surface area contributed by atoms with Crippen LogP contribution in [0.4, 0.5) is 34.1 Å². The molecule has 6 aromatic rings. The van der Waals surface area contributed by atoms with Gasteiger partial charge in [0.05, 0.1) is 28.4 Å². The van der Waals surface area contributed by atoms with E-state index in [2.05, 4.69) is 159 Å². The molecule has 5 aliphatic rings. The zero-order valence-electron chi connectivity index (χ0n) is 39.6. The molecular weight excluding hydrogens is 713 g/mol. The van der Waals surface area contributed by atoms with Gasteiger partial charge in [0.2, 0.25) is 0 Å². The Morgan fingerprint density at radius 1 is 0.288 bits per heavy atom. The number of para-hydroxylation sites is 6. The van der Waals surface area contributed by atoms with Crippen molar-refractivity contribution in [1.82, 2.24) is 0 Å². The van der Waals surface area contributed by atoms with Gasteiger partial charge >= 0.3 is 0 Å². The van der Waals surface area contributed by atoms with E-state index in [1.54, 1.807) is 0 Å². The Balaban J connectivity index is 0.000000209. The summed E-state index contributed by atoms with van der Waals surface area (Å²) in [4.78, 5) is 5.06. The first-order valence-electron chi connectivity index (χ1n) is 23.1. The van der Waals surface area contributed by atoms with E-state index in [0.29, 0.717) is 0 Å². The van der Waals surface area contributed by atoms with Crippen molar-refractivity contribution in [2.24, 2.45) is 0 Å². The Hall–Kier alpha value is -5.08. The van der Waals surface area contributed by atoms with E-state index < -0.39 is 0 Å². The molecule has 0 saturated carbocycles. The van der Waals surface area contributed by atoms with Crippen LogP contribution >= 0.6 is 0 Å². The molecule has 312 valence electrons. The second-order valence-corrected chi connectivity index (χ2v) is 15.0. The summed E-state index contributed by atoms with van der Waals surface area (Å²) in [7, 11) is 0. The molecule has 5 aliphatic heterocycles. The standard InChI is InChI=1S/C23H19N.C22H19N.6C2H6/c1-23(2)18-10-4-8-16-12-14-6-3-7-15-13-17-9-5-11-19(23)22(17)24(20(14)15)21(16)18;1-22(2)17-10-4-6-13-20(17)23-19-12-5-3-8-15(19)14-16-9-7-11-18(22)21(16)23;6*1-2/h3-11H,12-13H2,1-2H3;3-13H,14H2,1-2H3;6*1-2H3. The van der Waals surface area contributed by atoms with Crippen LogP contribution in [-0.4, -0.2) is 0 Å². The van der Waals surface area contributed by atoms with Gasteiger partial charge in [-0.25, -0.2) is 0 Å². The van der Waals surface area contributed by atoms with E-state index in [1.165, 1.54) is 89.8 Å². The van der Waals surface area contributed by atoms with Crippen molar-refractivity contribution in [1.29, 1.82) is 0 Å². The first-order valence-corrected chi connectivity index (χ1v) is 23.1. The van der Waals surface area contributed by atoms with Crippen LogP contribution in [0.15, 0.2) is 121 Å². The predicted octanol–water partition coefficient (Wildman–Crippen LogP) is 17.5. The molecule has 5 heterocycles. The summed E-state index contributed by atoms with van der Waals surface area (Å²) < 4.78 is 0. The van der Waals surface area contributed by atoms with Crippen LogP contribution < -0.4 is 9.80 Å². The molecule has 0 unspecified atom stereocenters. The summed E-state index contributed by atoms with van der Waals surface area (Å²) in [5.41, 5.74) is 23.0. The normalized spacial score (nSPS) is 14.1. The minimum atomic E-state index is 0.0325. The largest absolute Gasteiger partial charge is 0.309 e. The maximum Gasteiger partial charge on any atom is 0.0538 e. The summed E-state index contributed by atoms with van der Waals surface area (Å²) >= 11 is 0. The first kappa shape index (κ1) is 46.6. The molecule has 0 N–H and O–H groups in total. The highest BCUT2D eigenvalue weighted by Gasteiger charge is 2.44. The lowest BCUT2D eigenvalue weighted by molar-refractivity contribution is 0.626. The predicted molar refractivity (Wildman–Crippen MR) is 263 cm³/mol. The van der Waals surface area contributed by atoms with Crippen LogP contribution in [0.2, 0.25) is 0 Å². The van der Waals surface area contributed by atoms with Crippen LogP contribution in [0.1, 0.15) is 166 Å². The van der Waals surface area contributed by atoms with Gasteiger partial charge in [0.25, 0.3) is 0 Å².